The van der Waals surface area contributed by atoms with E-state index in [9.17, 15) is 4.79 Å². The third-order valence-electron chi connectivity index (χ3n) is 6.00. The molecule has 0 spiro atoms. The zero-order valence-electron chi connectivity index (χ0n) is 13.7. The van der Waals surface area contributed by atoms with Gasteiger partial charge >= 0.3 is 0 Å². The molecule has 2 atom stereocenters. The van der Waals surface area contributed by atoms with E-state index in [2.05, 4.69) is 13.8 Å². The summed E-state index contributed by atoms with van der Waals surface area (Å²) >= 11 is 0. The molecule has 0 aromatic rings. The highest BCUT2D eigenvalue weighted by Gasteiger charge is 2.31. The lowest BCUT2D eigenvalue weighted by molar-refractivity contribution is -0.121. The monoisotopic (exact) mass is 278 g/mol. The molecule has 0 heterocycles. The van der Waals surface area contributed by atoms with Gasteiger partial charge < -0.3 is 0 Å². The first-order valence-electron chi connectivity index (χ1n) is 9.22. The molecule has 1 heteroatoms. The van der Waals surface area contributed by atoms with Crippen LogP contribution in [0, 0.1) is 23.7 Å². The average molecular weight is 278 g/mol. The number of rotatable bonds is 6. The van der Waals surface area contributed by atoms with Gasteiger partial charge in [0.1, 0.15) is 5.78 Å². The fourth-order valence-electron chi connectivity index (χ4n) is 4.74. The number of ketones is 1. The van der Waals surface area contributed by atoms with Gasteiger partial charge in [-0.2, -0.15) is 0 Å². The van der Waals surface area contributed by atoms with Gasteiger partial charge in [0, 0.05) is 12.8 Å². The normalized spacial score (nSPS) is 25.6. The maximum atomic E-state index is 11.4. The van der Waals surface area contributed by atoms with Crippen LogP contribution in [0.1, 0.15) is 90.9 Å². The Kier molecular flexibility index (Phi) is 6.58. The average Bonchev–Trinajstić information content (AvgIpc) is 2.48. The summed E-state index contributed by atoms with van der Waals surface area (Å²) in [5.41, 5.74) is 0. The Hall–Kier alpha value is -0.330. The van der Waals surface area contributed by atoms with Crippen LogP contribution in [0.4, 0.5) is 0 Å². The van der Waals surface area contributed by atoms with Crippen LogP contribution in [0.2, 0.25) is 0 Å². The van der Waals surface area contributed by atoms with Crippen LogP contribution in [0.25, 0.3) is 0 Å². The minimum absolute atomic E-state index is 0.511. The van der Waals surface area contributed by atoms with Crippen LogP contribution < -0.4 is 0 Å². The minimum Gasteiger partial charge on any atom is -0.300 e. The van der Waals surface area contributed by atoms with Crippen LogP contribution in [-0.4, -0.2) is 5.78 Å². The van der Waals surface area contributed by atoms with Crippen LogP contribution >= 0.6 is 0 Å². The van der Waals surface area contributed by atoms with Crippen molar-refractivity contribution in [2.75, 3.05) is 0 Å². The number of carbonyl (C=O) groups excluding carboxylic acids is 1. The molecule has 2 fully saturated rings. The van der Waals surface area contributed by atoms with Gasteiger partial charge in [0.2, 0.25) is 0 Å². The van der Waals surface area contributed by atoms with E-state index >= 15 is 0 Å². The predicted octanol–water partition coefficient (Wildman–Crippen LogP) is 5.77. The van der Waals surface area contributed by atoms with E-state index in [0.29, 0.717) is 5.78 Å². The molecule has 116 valence electrons. The highest BCUT2D eigenvalue weighted by molar-refractivity contribution is 5.78. The van der Waals surface area contributed by atoms with Crippen LogP contribution in [0.3, 0.4) is 0 Å². The molecular weight excluding hydrogens is 244 g/mol. The van der Waals surface area contributed by atoms with Crippen LogP contribution in [0.15, 0.2) is 0 Å². The molecule has 0 N–H and O–H groups in total. The fraction of sp³-hybridized carbons (Fsp3) is 0.947. The third kappa shape index (κ3) is 4.60. The summed E-state index contributed by atoms with van der Waals surface area (Å²) in [7, 11) is 0. The highest BCUT2D eigenvalue weighted by Crippen LogP contribution is 2.41. The maximum absolute atomic E-state index is 11.4. The summed E-state index contributed by atoms with van der Waals surface area (Å²) in [6, 6.07) is 0. The second-order valence-corrected chi connectivity index (χ2v) is 7.55. The summed E-state index contributed by atoms with van der Waals surface area (Å²) in [5.74, 6) is 4.17. The van der Waals surface area contributed by atoms with Crippen molar-refractivity contribution in [1.82, 2.24) is 0 Å². The largest absolute Gasteiger partial charge is 0.300 e. The van der Waals surface area contributed by atoms with E-state index < -0.39 is 0 Å². The maximum Gasteiger partial charge on any atom is 0.132 e. The SMILES string of the molecule is CCCC(C)C(CC1CCC(=O)CC1)C1CCCCC1. The molecule has 2 aliphatic carbocycles. The molecular formula is C19H34O. The second kappa shape index (κ2) is 8.20. The van der Waals surface area contributed by atoms with Crippen molar-refractivity contribution in [2.45, 2.75) is 90.9 Å². The van der Waals surface area contributed by atoms with E-state index in [-0.39, 0.29) is 0 Å². The predicted molar refractivity (Wildman–Crippen MR) is 85.7 cm³/mol. The van der Waals surface area contributed by atoms with Crippen LogP contribution in [0.5, 0.6) is 0 Å². The molecule has 2 rings (SSSR count). The van der Waals surface area contributed by atoms with Crippen molar-refractivity contribution in [1.29, 1.82) is 0 Å². The molecule has 2 unspecified atom stereocenters. The lowest BCUT2D eigenvalue weighted by Gasteiger charge is -2.37. The summed E-state index contributed by atoms with van der Waals surface area (Å²) in [4.78, 5) is 11.4. The van der Waals surface area contributed by atoms with Gasteiger partial charge in [0.25, 0.3) is 0 Å². The Labute approximate surface area is 125 Å². The Bertz CT molecular complexity index is 280. The van der Waals surface area contributed by atoms with Gasteiger partial charge in [0.05, 0.1) is 0 Å². The van der Waals surface area contributed by atoms with E-state index in [0.717, 1.165) is 36.5 Å². The molecule has 0 aliphatic heterocycles. The Balaban J connectivity index is 1.92. The number of hydrogen-bond donors (Lipinski definition) is 0. The van der Waals surface area contributed by atoms with E-state index in [4.69, 9.17) is 0 Å². The first-order valence-corrected chi connectivity index (χ1v) is 9.22. The van der Waals surface area contributed by atoms with Crippen molar-refractivity contribution in [3.8, 4) is 0 Å². The quantitative estimate of drug-likeness (QED) is 0.603. The zero-order chi connectivity index (χ0) is 14.4. The molecule has 0 radical (unpaired) electrons. The van der Waals surface area contributed by atoms with Crippen LogP contribution in [-0.2, 0) is 4.79 Å². The Morgan fingerprint density at radius 2 is 1.70 bits per heavy atom. The van der Waals surface area contributed by atoms with Gasteiger partial charge in [0.15, 0.2) is 0 Å². The lowest BCUT2D eigenvalue weighted by atomic mass is 9.68. The van der Waals surface area contributed by atoms with E-state index in [1.165, 1.54) is 64.2 Å². The third-order valence-corrected chi connectivity index (χ3v) is 6.00. The summed E-state index contributed by atoms with van der Waals surface area (Å²) < 4.78 is 0. The Morgan fingerprint density at radius 1 is 1.05 bits per heavy atom. The second-order valence-electron chi connectivity index (χ2n) is 7.55. The summed E-state index contributed by atoms with van der Waals surface area (Å²) in [6.45, 7) is 4.82. The standard InChI is InChI=1S/C19H34O/c1-3-7-15(2)19(17-8-5-4-6-9-17)14-16-10-12-18(20)13-11-16/h15-17,19H,3-14H2,1-2H3. The highest BCUT2D eigenvalue weighted by atomic mass is 16.1. The molecule has 0 amide bonds. The topological polar surface area (TPSA) is 17.1 Å². The molecule has 2 saturated carbocycles. The first kappa shape index (κ1) is 16.0. The minimum atomic E-state index is 0.511. The van der Waals surface area contributed by atoms with Crippen molar-refractivity contribution in [3.63, 3.8) is 0 Å². The van der Waals surface area contributed by atoms with Crippen molar-refractivity contribution in [2.24, 2.45) is 23.7 Å². The first-order chi connectivity index (χ1) is 9.70. The number of Topliss-reactive ketones (excluding diaryl/α,β-unsaturated/α-hetero) is 1. The smallest absolute Gasteiger partial charge is 0.132 e. The molecule has 0 saturated heterocycles. The summed E-state index contributed by atoms with van der Waals surface area (Å²) in [6.07, 6.45) is 15.6. The van der Waals surface area contributed by atoms with Gasteiger partial charge in [-0.25, -0.2) is 0 Å². The zero-order valence-corrected chi connectivity index (χ0v) is 13.7. The van der Waals surface area contributed by atoms with Crippen molar-refractivity contribution < 1.29 is 4.79 Å². The molecule has 1 nitrogen and oxygen atoms in total. The Morgan fingerprint density at radius 3 is 2.30 bits per heavy atom. The molecule has 2 aliphatic rings. The number of hydrogen-bond acceptors (Lipinski definition) is 1. The lowest BCUT2D eigenvalue weighted by Crippen LogP contribution is -2.28. The van der Waals surface area contributed by atoms with Gasteiger partial charge in [-0.05, 0) is 42.9 Å². The van der Waals surface area contributed by atoms with Crippen molar-refractivity contribution >= 4 is 5.78 Å². The molecule has 0 aromatic carbocycles. The van der Waals surface area contributed by atoms with E-state index in [1.54, 1.807) is 0 Å². The summed E-state index contributed by atoms with van der Waals surface area (Å²) in [5, 5.41) is 0. The molecule has 0 aromatic heterocycles. The fourth-order valence-corrected chi connectivity index (χ4v) is 4.74. The van der Waals surface area contributed by atoms with Crippen molar-refractivity contribution in [3.05, 3.63) is 0 Å². The van der Waals surface area contributed by atoms with Gasteiger partial charge in [-0.15, -0.1) is 0 Å². The van der Waals surface area contributed by atoms with E-state index in [1.807, 2.05) is 0 Å². The van der Waals surface area contributed by atoms with Gasteiger partial charge in [-0.1, -0.05) is 58.8 Å². The number of carbonyl (C=O) groups is 1. The van der Waals surface area contributed by atoms with Gasteiger partial charge in [-0.3, -0.25) is 4.79 Å². The molecule has 20 heavy (non-hydrogen) atoms. The molecule has 0 bridgehead atoms.